The maximum atomic E-state index is 12.2. The predicted octanol–water partition coefficient (Wildman–Crippen LogP) is 3.34. The fraction of sp³-hybridized carbons (Fsp3) is 0.125. The molecule has 0 saturated heterocycles. The van der Waals surface area contributed by atoms with E-state index in [-0.39, 0.29) is 22.4 Å². The summed E-state index contributed by atoms with van der Waals surface area (Å²) in [5, 5.41) is 16.2. The van der Waals surface area contributed by atoms with Crippen molar-refractivity contribution < 1.29 is 9.72 Å². The smallest absolute Gasteiger partial charge is 0.292 e. The number of carbonyl (C=O) groups is 1. The van der Waals surface area contributed by atoms with Gasteiger partial charge in [-0.1, -0.05) is 29.8 Å². The molecule has 6 nitrogen and oxygen atoms in total. The van der Waals surface area contributed by atoms with Gasteiger partial charge in [-0.3, -0.25) is 20.2 Å². The zero-order chi connectivity index (χ0) is 17.0. The number of para-hydroxylation sites is 2. The first-order chi connectivity index (χ1) is 10.9. The lowest BCUT2D eigenvalue weighted by Gasteiger charge is -2.11. The lowest BCUT2D eigenvalue weighted by Crippen LogP contribution is -2.34. The topological polar surface area (TPSA) is 84.3 Å². The first kappa shape index (κ1) is 16.6. The Morgan fingerprint density at radius 2 is 1.87 bits per heavy atom. The van der Waals surface area contributed by atoms with Crippen molar-refractivity contribution >= 4 is 34.6 Å². The molecule has 0 saturated carbocycles. The number of nitro groups is 1. The van der Waals surface area contributed by atoms with Crippen molar-refractivity contribution in [3.05, 3.63) is 69.3 Å². The van der Waals surface area contributed by atoms with Crippen LogP contribution in [-0.2, 0) is 0 Å². The molecule has 7 heteroatoms. The molecule has 2 aromatic carbocycles. The van der Waals surface area contributed by atoms with Crippen LogP contribution in [0.5, 0.6) is 0 Å². The number of nitro benzene ring substituents is 1. The molecule has 2 aromatic rings. The fourth-order valence-electron chi connectivity index (χ4n) is 2.13. The van der Waals surface area contributed by atoms with Gasteiger partial charge in [-0.15, -0.1) is 0 Å². The molecule has 0 aliphatic rings. The zero-order valence-corrected chi connectivity index (χ0v) is 13.4. The summed E-state index contributed by atoms with van der Waals surface area (Å²) in [5.41, 5.74) is 2.50. The summed E-state index contributed by atoms with van der Waals surface area (Å²) >= 11 is 5.06. The first-order valence-corrected chi connectivity index (χ1v) is 7.22. The van der Waals surface area contributed by atoms with Gasteiger partial charge in [-0.2, -0.15) is 0 Å². The second-order valence-electron chi connectivity index (χ2n) is 5.00. The molecule has 0 aliphatic heterocycles. The molecule has 2 N–H and O–H groups in total. The molecule has 0 aromatic heterocycles. The molecule has 0 fully saturated rings. The minimum absolute atomic E-state index is 0.00396. The van der Waals surface area contributed by atoms with Crippen molar-refractivity contribution in [1.82, 2.24) is 5.32 Å². The SMILES string of the molecule is Cc1ccc(C(=O)NC(=S)Nc2ccccc2[N+](=O)[O-])c(C)c1. The predicted molar refractivity (Wildman–Crippen MR) is 92.7 cm³/mol. The highest BCUT2D eigenvalue weighted by Gasteiger charge is 2.15. The number of rotatable bonds is 3. The summed E-state index contributed by atoms with van der Waals surface area (Å²) in [7, 11) is 0. The molecule has 118 valence electrons. The largest absolute Gasteiger partial charge is 0.327 e. The van der Waals surface area contributed by atoms with Gasteiger partial charge in [0.2, 0.25) is 0 Å². The van der Waals surface area contributed by atoms with Crippen LogP contribution in [0.25, 0.3) is 0 Å². The summed E-state index contributed by atoms with van der Waals surface area (Å²) in [4.78, 5) is 22.7. The Morgan fingerprint density at radius 3 is 2.52 bits per heavy atom. The maximum absolute atomic E-state index is 12.2. The molecule has 0 spiro atoms. The molecule has 0 radical (unpaired) electrons. The van der Waals surface area contributed by atoms with Crippen LogP contribution in [0.3, 0.4) is 0 Å². The molecule has 0 atom stereocenters. The molecule has 23 heavy (non-hydrogen) atoms. The Kier molecular flexibility index (Phi) is 5.02. The summed E-state index contributed by atoms with van der Waals surface area (Å²) in [5.74, 6) is -0.362. The number of amides is 1. The van der Waals surface area contributed by atoms with Crippen molar-refractivity contribution in [2.75, 3.05) is 5.32 Å². The van der Waals surface area contributed by atoms with Crippen LogP contribution in [0.2, 0.25) is 0 Å². The standard InChI is InChI=1S/C16H15N3O3S/c1-10-7-8-12(11(2)9-10)15(20)18-16(23)17-13-5-3-4-6-14(13)19(21)22/h3-9H,1-2H3,(H2,17,18,20,23). The monoisotopic (exact) mass is 329 g/mol. The second kappa shape index (κ2) is 6.97. The summed E-state index contributed by atoms with van der Waals surface area (Å²) in [6.45, 7) is 3.77. The number of nitrogens with one attached hydrogen (secondary N) is 2. The zero-order valence-electron chi connectivity index (χ0n) is 12.6. The van der Waals surface area contributed by atoms with E-state index in [9.17, 15) is 14.9 Å². The highest BCUT2D eigenvalue weighted by atomic mass is 32.1. The van der Waals surface area contributed by atoms with Crippen molar-refractivity contribution in [2.45, 2.75) is 13.8 Å². The van der Waals surface area contributed by atoms with Crippen LogP contribution in [-0.4, -0.2) is 15.9 Å². The number of benzene rings is 2. The van der Waals surface area contributed by atoms with E-state index in [2.05, 4.69) is 10.6 Å². The van der Waals surface area contributed by atoms with Crippen LogP contribution in [0, 0.1) is 24.0 Å². The first-order valence-electron chi connectivity index (χ1n) is 6.81. The number of thiocarbonyl (C=S) groups is 1. The minimum atomic E-state index is -0.517. The minimum Gasteiger partial charge on any atom is -0.327 e. The lowest BCUT2D eigenvalue weighted by atomic mass is 10.1. The maximum Gasteiger partial charge on any atom is 0.292 e. The van der Waals surface area contributed by atoms with E-state index in [0.717, 1.165) is 11.1 Å². The summed E-state index contributed by atoms with van der Waals surface area (Å²) < 4.78 is 0. The van der Waals surface area contributed by atoms with Gasteiger partial charge in [0.15, 0.2) is 5.11 Å². The van der Waals surface area contributed by atoms with Crippen molar-refractivity contribution in [3.8, 4) is 0 Å². The molecule has 0 unspecified atom stereocenters. The molecule has 0 heterocycles. The quantitative estimate of drug-likeness (QED) is 0.512. The van der Waals surface area contributed by atoms with Gasteiger partial charge in [0.1, 0.15) is 5.69 Å². The van der Waals surface area contributed by atoms with E-state index in [0.29, 0.717) is 5.56 Å². The van der Waals surface area contributed by atoms with Crippen LogP contribution >= 0.6 is 12.2 Å². The van der Waals surface area contributed by atoms with E-state index in [1.54, 1.807) is 18.2 Å². The van der Waals surface area contributed by atoms with E-state index >= 15 is 0 Å². The Bertz CT molecular complexity index is 790. The lowest BCUT2D eigenvalue weighted by molar-refractivity contribution is -0.383. The summed E-state index contributed by atoms with van der Waals surface area (Å²) in [6.07, 6.45) is 0. The van der Waals surface area contributed by atoms with E-state index in [4.69, 9.17) is 12.2 Å². The van der Waals surface area contributed by atoms with Crippen LogP contribution in [0.1, 0.15) is 21.5 Å². The van der Waals surface area contributed by atoms with Gasteiger partial charge in [0.25, 0.3) is 11.6 Å². The number of hydrogen-bond donors (Lipinski definition) is 2. The van der Waals surface area contributed by atoms with Crippen molar-refractivity contribution in [3.63, 3.8) is 0 Å². The number of carbonyl (C=O) groups excluding carboxylic acids is 1. The van der Waals surface area contributed by atoms with Crippen LogP contribution in [0.15, 0.2) is 42.5 Å². The van der Waals surface area contributed by atoms with Gasteiger partial charge >= 0.3 is 0 Å². The Balaban J connectivity index is 2.11. The third-order valence-corrected chi connectivity index (χ3v) is 3.41. The average Bonchev–Trinajstić information content (AvgIpc) is 2.47. The number of hydrogen-bond acceptors (Lipinski definition) is 4. The number of aryl methyl sites for hydroxylation is 2. The number of nitrogens with zero attached hydrogens (tertiary/aromatic N) is 1. The molecule has 0 bridgehead atoms. The third-order valence-electron chi connectivity index (χ3n) is 3.20. The van der Waals surface area contributed by atoms with Crippen LogP contribution < -0.4 is 10.6 Å². The normalized spacial score (nSPS) is 10.0. The molecule has 1 amide bonds. The van der Waals surface area contributed by atoms with E-state index < -0.39 is 4.92 Å². The average molecular weight is 329 g/mol. The second-order valence-corrected chi connectivity index (χ2v) is 5.41. The Labute approximate surface area is 138 Å². The fourth-order valence-corrected chi connectivity index (χ4v) is 2.33. The summed E-state index contributed by atoms with van der Waals surface area (Å²) in [6, 6.07) is 11.5. The molecule has 0 aliphatic carbocycles. The van der Waals surface area contributed by atoms with E-state index in [1.165, 1.54) is 12.1 Å². The van der Waals surface area contributed by atoms with Gasteiger partial charge in [0.05, 0.1) is 4.92 Å². The molecule has 2 rings (SSSR count). The Hall–Kier alpha value is -2.80. The van der Waals surface area contributed by atoms with Gasteiger partial charge in [0, 0.05) is 11.6 Å². The highest BCUT2D eigenvalue weighted by molar-refractivity contribution is 7.80. The Morgan fingerprint density at radius 1 is 1.17 bits per heavy atom. The van der Waals surface area contributed by atoms with Crippen molar-refractivity contribution in [1.29, 1.82) is 0 Å². The molecular weight excluding hydrogens is 314 g/mol. The number of anilines is 1. The van der Waals surface area contributed by atoms with E-state index in [1.807, 2.05) is 26.0 Å². The van der Waals surface area contributed by atoms with Crippen molar-refractivity contribution in [2.24, 2.45) is 0 Å². The van der Waals surface area contributed by atoms with Gasteiger partial charge < -0.3 is 5.32 Å². The van der Waals surface area contributed by atoms with Gasteiger partial charge in [-0.05, 0) is 43.8 Å². The third kappa shape index (κ3) is 4.10. The molecular formula is C16H15N3O3S. The van der Waals surface area contributed by atoms with Crippen LogP contribution in [0.4, 0.5) is 11.4 Å². The highest BCUT2D eigenvalue weighted by Crippen LogP contribution is 2.23. The van der Waals surface area contributed by atoms with Gasteiger partial charge in [-0.25, -0.2) is 0 Å².